The van der Waals surface area contributed by atoms with Gasteiger partial charge in [0.2, 0.25) is 0 Å². The smallest absolute Gasteiger partial charge is 0.253 e. The number of carbonyl (C=O) groups excluding carboxylic acids is 1. The number of ether oxygens (including phenoxy) is 1. The van der Waals surface area contributed by atoms with E-state index in [1.807, 2.05) is 48.5 Å². The van der Waals surface area contributed by atoms with E-state index in [9.17, 15) is 4.79 Å². The second-order valence-corrected chi connectivity index (χ2v) is 7.75. The van der Waals surface area contributed by atoms with Crippen LogP contribution in [0.5, 0.6) is 5.75 Å². The zero-order valence-electron chi connectivity index (χ0n) is 17.3. The molecule has 4 aromatic rings. The number of hydrogen-bond acceptors (Lipinski definition) is 3. The second-order valence-electron chi connectivity index (χ2n) is 7.35. The van der Waals surface area contributed by atoms with Gasteiger partial charge in [0.25, 0.3) is 5.91 Å². The number of fused-ring (bicyclic) bond motifs is 1. The van der Waals surface area contributed by atoms with Gasteiger partial charge in [-0.05, 0) is 49.7 Å². The third-order valence-corrected chi connectivity index (χ3v) is 5.40. The van der Waals surface area contributed by atoms with Gasteiger partial charge in [0.15, 0.2) is 0 Å². The number of benzene rings is 3. The van der Waals surface area contributed by atoms with Crippen molar-refractivity contribution < 1.29 is 9.53 Å². The molecule has 0 saturated heterocycles. The van der Waals surface area contributed by atoms with Crippen LogP contribution in [0.3, 0.4) is 0 Å². The van der Waals surface area contributed by atoms with Crippen LogP contribution < -0.4 is 10.1 Å². The topological polar surface area (TPSA) is 56.1 Å². The Hall–Kier alpha value is -3.31. The van der Waals surface area contributed by atoms with Crippen LogP contribution in [-0.4, -0.2) is 22.1 Å². The van der Waals surface area contributed by atoms with Crippen molar-refractivity contribution in [2.75, 3.05) is 6.61 Å². The number of amides is 1. The molecule has 6 heteroatoms. The fraction of sp³-hybridized carbons (Fsp3) is 0.200. The van der Waals surface area contributed by atoms with Crippen molar-refractivity contribution in [3.63, 3.8) is 0 Å². The molecule has 0 radical (unpaired) electrons. The normalized spacial score (nSPS) is 10.9. The highest BCUT2D eigenvalue weighted by Gasteiger charge is 2.14. The first-order valence-corrected chi connectivity index (χ1v) is 10.7. The monoisotopic (exact) mass is 433 g/mol. The van der Waals surface area contributed by atoms with Gasteiger partial charge in [-0.15, -0.1) is 0 Å². The minimum atomic E-state index is -0.216. The van der Waals surface area contributed by atoms with E-state index in [1.54, 1.807) is 24.3 Å². The molecule has 3 aromatic carbocycles. The van der Waals surface area contributed by atoms with E-state index in [1.165, 1.54) is 5.56 Å². The third kappa shape index (κ3) is 5.06. The van der Waals surface area contributed by atoms with Crippen LogP contribution in [0.15, 0.2) is 72.8 Å². The molecule has 1 N–H and O–H groups in total. The molecule has 0 unspecified atom stereocenters. The molecule has 31 heavy (non-hydrogen) atoms. The summed E-state index contributed by atoms with van der Waals surface area (Å²) in [7, 11) is 0. The Morgan fingerprint density at radius 1 is 1.03 bits per heavy atom. The maximum atomic E-state index is 12.6. The van der Waals surface area contributed by atoms with Crippen molar-refractivity contribution in [2.24, 2.45) is 0 Å². The predicted octanol–water partition coefficient (Wildman–Crippen LogP) is 5.40. The number of nitrogens with one attached hydrogen (secondary N) is 1. The predicted molar refractivity (Wildman–Crippen MR) is 124 cm³/mol. The van der Waals surface area contributed by atoms with Gasteiger partial charge in [0.05, 0.1) is 34.8 Å². The maximum Gasteiger partial charge on any atom is 0.253 e. The van der Waals surface area contributed by atoms with Gasteiger partial charge in [-0.2, -0.15) is 0 Å². The summed E-state index contributed by atoms with van der Waals surface area (Å²) in [6, 6.07) is 23.1. The van der Waals surface area contributed by atoms with Gasteiger partial charge in [0.1, 0.15) is 11.6 Å². The van der Waals surface area contributed by atoms with Crippen molar-refractivity contribution in [1.82, 2.24) is 14.9 Å². The number of nitrogens with zero attached hydrogens (tertiary/aromatic N) is 2. The summed E-state index contributed by atoms with van der Waals surface area (Å²) in [6.45, 7) is 3.71. The van der Waals surface area contributed by atoms with E-state index in [2.05, 4.69) is 16.8 Å². The van der Waals surface area contributed by atoms with E-state index in [4.69, 9.17) is 21.3 Å². The van der Waals surface area contributed by atoms with Crippen LogP contribution in [0, 0.1) is 6.92 Å². The van der Waals surface area contributed by atoms with Crippen molar-refractivity contribution in [2.45, 2.75) is 26.4 Å². The van der Waals surface area contributed by atoms with Crippen LogP contribution >= 0.6 is 11.6 Å². The summed E-state index contributed by atoms with van der Waals surface area (Å²) in [6.07, 6.45) is 0.819. The Balaban J connectivity index is 1.43. The first-order valence-electron chi connectivity index (χ1n) is 10.3. The lowest BCUT2D eigenvalue weighted by atomic mass is 10.2. The molecule has 0 aliphatic rings. The number of halogens is 1. The lowest BCUT2D eigenvalue weighted by molar-refractivity contribution is 0.0949. The molecule has 0 fully saturated rings. The molecule has 0 aliphatic heterocycles. The first-order chi connectivity index (χ1) is 15.1. The number of imidazole rings is 1. The van der Waals surface area contributed by atoms with E-state index in [-0.39, 0.29) is 5.91 Å². The van der Waals surface area contributed by atoms with Crippen LogP contribution in [0.25, 0.3) is 11.0 Å². The molecule has 158 valence electrons. The summed E-state index contributed by atoms with van der Waals surface area (Å²) in [5, 5.41) is 3.37. The largest absolute Gasteiger partial charge is 0.494 e. The lowest BCUT2D eigenvalue weighted by Crippen LogP contribution is -2.25. The van der Waals surface area contributed by atoms with Gasteiger partial charge in [-0.3, -0.25) is 4.79 Å². The Morgan fingerprint density at radius 3 is 2.58 bits per heavy atom. The van der Waals surface area contributed by atoms with Crippen molar-refractivity contribution in [3.05, 3.63) is 94.8 Å². The van der Waals surface area contributed by atoms with Crippen LogP contribution in [0.4, 0.5) is 0 Å². The molecule has 1 heterocycles. The maximum absolute atomic E-state index is 12.6. The van der Waals surface area contributed by atoms with Crippen molar-refractivity contribution in [3.8, 4) is 5.75 Å². The average Bonchev–Trinajstić information content (AvgIpc) is 3.14. The summed E-state index contributed by atoms with van der Waals surface area (Å²) in [5.74, 6) is 1.46. The van der Waals surface area contributed by atoms with Gasteiger partial charge in [-0.25, -0.2) is 4.98 Å². The summed E-state index contributed by atoms with van der Waals surface area (Å²) in [5.41, 5.74) is 3.61. The highest BCUT2D eigenvalue weighted by Crippen LogP contribution is 2.18. The second kappa shape index (κ2) is 9.67. The molecule has 0 aliphatic carbocycles. The van der Waals surface area contributed by atoms with E-state index < -0.39 is 0 Å². The number of para-hydroxylation sites is 2. The summed E-state index contributed by atoms with van der Waals surface area (Å²) in [4.78, 5) is 17.3. The zero-order chi connectivity index (χ0) is 21.6. The van der Waals surface area contributed by atoms with Gasteiger partial charge >= 0.3 is 0 Å². The fourth-order valence-corrected chi connectivity index (χ4v) is 3.68. The standard InChI is InChI=1S/C25H24ClN3O2/c1-18-11-13-19(14-12-18)31-16-6-15-29-23-10-5-4-9-22(23)28-24(29)17-27-25(30)20-7-2-3-8-21(20)26/h2-5,7-14H,6,15-17H2,1H3,(H,27,30). The summed E-state index contributed by atoms with van der Waals surface area (Å²) >= 11 is 6.14. The van der Waals surface area contributed by atoms with Crippen LogP contribution in [-0.2, 0) is 13.1 Å². The van der Waals surface area contributed by atoms with Crippen LogP contribution in [0.1, 0.15) is 28.2 Å². The van der Waals surface area contributed by atoms with E-state index >= 15 is 0 Å². The third-order valence-electron chi connectivity index (χ3n) is 5.07. The SMILES string of the molecule is Cc1ccc(OCCCn2c(CNC(=O)c3ccccc3Cl)nc3ccccc32)cc1. The highest BCUT2D eigenvalue weighted by molar-refractivity contribution is 6.33. The van der Waals surface area contributed by atoms with Crippen molar-refractivity contribution in [1.29, 1.82) is 0 Å². The Kier molecular flexibility index (Phi) is 6.53. The fourth-order valence-electron chi connectivity index (χ4n) is 3.46. The minimum absolute atomic E-state index is 0.216. The summed E-state index contributed by atoms with van der Waals surface area (Å²) < 4.78 is 8.00. The number of rotatable bonds is 8. The Bertz CT molecular complexity index is 1190. The Morgan fingerprint density at radius 2 is 1.77 bits per heavy atom. The molecule has 0 bridgehead atoms. The number of aromatic nitrogens is 2. The van der Waals surface area contributed by atoms with E-state index in [0.717, 1.165) is 35.6 Å². The molecule has 4 rings (SSSR count). The van der Waals surface area contributed by atoms with Crippen molar-refractivity contribution >= 4 is 28.5 Å². The molecule has 1 aromatic heterocycles. The van der Waals surface area contributed by atoms with Gasteiger partial charge in [0, 0.05) is 6.54 Å². The molecule has 0 saturated carbocycles. The molecular formula is C25H24ClN3O2. The number of carbonyl (C=O) groups is 1. The quantitative estimate of drug-likeness (QED) is 0.378. The van der Waals surface area contributed by atoms with Gasteiger partial charge in [-0.1, -0.05) is 53.6 Å². The van der Waals surface area contributed by atoms with E-state index in [0.29, 0.717) is 23.7 Å². The number of hydrogen-bond donors (Lipinski definition) is 1. The average molecular weight is 434 g/mol. The lowest BCUT2D eigenvalue weighted by Gasteiger charge is -2.12. The minimum Gasteiger partial charge on any atom is -0.494 e. The molecule has 0 atom stereocenters. The van der Waals surface area contributed by atoms with Gasteiger partial charge < -0.3 is 14.6 Å². The Labute approximate surface area is 186 Å². The highest BCUT2D eigenvalue weighted by atomic mass is 35.5. The molecule has 0 spiro atoms. The molecule has 5 nitrogen and oxygen atoms in total. The number of aryl methyl sites for hydroxylation is 2. The zero-order valence-corrected chi connectivity index (χ0v) is 18.1. The van der Waals surface area contributed by atoms with Crippen LogP contribution in [0.2, 0.25) is 5.02 Å². The molecule has 1 amide bonds. The first kappa shape index (κ1) is 20.9. The molecular weight excluding hydrogens is 410 g/mol.